The number of hydrogen-bond acceptors (Lipinski definition) is 4. The summed E-state index contributed by atoms with van der Waals surface area (Å²) in [6, 6.07) is 12.3. The molecular weight excluding hydrogens is 326 g/mol. The van der Waals surface area contributed by atoms with Crippen LogP contribution in [-0.2, 0) is 20.8 Å². The number of nitrogens with zero attached hydrogens (tertiary/aromatic N) is 1. The Morgan fingerprint density at radius 2 is 2.04 bits per heavy atom. The zero-order valence-electron chi connectivity index (χ0n) is 15.5. The summed E-state index contributed by atoms with van der Waals surface area (Å²) in [5.41, 5.74) is 1.13. The van der Waals surface area contributed by atoms with Gasteiger partial charge in [-0.05, 0) is 24.8 Å². The van der Waals surface area contributed by atoms with Gasteiger partial charge in [0.25, 0.3) is 0 Å². The standard InChI is InChI=1S/C22H29NO3/c1-4-10-20(24-16-17-12-8-7-9-13-17)19(6-3)26-22-14-18(15-23)25-21(22)11-5-2/h4-5,7-9,12-13,18-22H,1-2,6,10-11,14,16H2,3H3/t18-,19+,20+,21+,22+/m1/s1. The summed E-state index contributed by atoms with van der Waals surface area (Å²) in [5, 5.41) is 9.17. The largest absolute Gasteiger partial charge is 0.371 e. The number of ether oxygens (including phenoxy) is 3. The van der Waals surface area contributed by atoms with Gasteiger partial charge in [-0.1, -0.05) is 49.4 Å². The van der Waals surface area contributed by atoms with E-state index in [4.69, 9.17) is 14.2 Å². The van der Waals surface area contributed by atoms with Crippen molar-refractivity contribution in [2.45, 2.75) is 69.7 Å². The molecule has 0 aliphatic carbocycles. The molecule has 0 saturated carbocycles. The third-order valence-corrected chi connectivity index (χ3v) is 4.62. The Kier molecular flexibility index (Phi) is 8.57. The van der Waals surface area contributed by atoms with Crippen molar-refractivity contribution < 1.29 is 14.2 Å². The summed E-state index contributed by atoms with van der Waals surface area (Å²) in [4.78, 5) is 0. The molecular formula is C22H29NO3. The molecule has 1 heterocycles. The van der Waals surface area contributed by atoms with Crippen LogP contribution in [0.5, 0.6) is 0 Å². The molecule has 0 spiro atoms. The summed E-state index contributed by atoms with van der Waals surface area (Å²) >= 11 is 0. The highest BCUT2D eigenvalue weighted by Crippen LogP contribution is 2.29. The van der Waals surface area contributed by atoms with Gasteiger partial charge in [0, 0.05) is 6.42 Å². The van der Waals surface area contributed by atoms with Gasteiger partial charge in [0.1, 0.15) is 6.10 Å². The summed E-state index contributed by atoms with van der Waals surface area (Å²) in [6.45, 7) is 10.3. The summed E-state index contributed by atoms with van der Waals surface area (Å²) in [5.74, 6) is 0. The second kappa shape index (κ2) is 10.9. The Hall–Kier alpha value is -1.93. The maximum atomic E-state index is 9.17. The summed E-state index contributed by atoms with van der Waals surface area (Å²) < 4.78 is 18.3. The summed E-state index contributed by atoms with van der Waals surface area (Å²) in [6.07, 6.45) is 5.68. The molecule has 4 nitrogen and oxygen atoms in total. The predicted molar refractivity (Wildman–Crippen MR) is 102 cm³/mol. The van der Waals surface area contributed by atoms with Crippen molar-refractivity contribution in [3.63, 3.8) is 0 Å². The Morgan fingerprint density at radius 3 is 2.65 bits per heavy atom. The van der Waals surface area contributed by atoms with E-state index in [1.165, 1.54) is 0 Å². The normalized spacial score (nSPS) is 24.5. The molecule has 0 amide bonds. The van der Waals surface area contributed by atoms with E-state index in [1.807, 2.05) is 30.4 Å². The zero-order valence-corrected chi connectivity index (χ0v) is 15.5. The van der Waals surface area contributed by atoms with Gasteiger partial charge >= 0.3 is 0 Å². The minimum Gasteiger partial charge on any atom is -0.371 e. The summed E-state index contributed by atoms with van der Waals surface area (Å²) in [7, 11) is 0. The lowest BCUT2D eigenvalue weighted by atomic mass is 10.0. The highest BCUT2D eigenvalue weighted by Gasteiger charge is 2.37. The average Bonchev–Trinajstić information content (AvgIpc) is 3.06. The van der Waals surface area contributed by atoms with E-state index in [1.54, 1.807) is 0 Å². The molecule has 1 fully saturated rings. The zero-order chi connectivity index (χ0) is 18.8. The van der Waals surface area contributed by atoms with Crippen LogP contribution in [0.2, 0.25) is 0 Å². The van der Waals surface area contributed by atoms with Gasteiger partial charge in [-0.2, -0.15) is 5.26 Å². The van der Waals surface area contributed by atoms with E-state index < -0.39 is 6.10 Å². The van der Waals surface area contributed by atoms with E-state index in [0.29, 0.717) is 25.9 Å². The van der Waals surface area contributed by atoms with Crippen molar-refractivity contribution in [3.8, 4) is 6.07 Å². The monoisotopic (exact) mass is 355 g/mol. The quantitative estimate of drug-likeness (QED) is 0.546. The first-order valence-corrected chi connectivity index (χ1v) is 9.29. The first-order chi connectivity index (χ1) is 12.7. The van der Waals surface area contributed by atoms with Crippen molar-refractivity contribution in [2.24, 2.45) is 0 Å². The van der Waals surface area contributed by atoms with E-state index in [0.717, 1.165) is 12.0 Å². The second-order valence-electron chi connectivity index (χ2n) is 6.53. The van der Waals surface area contributed by atoms with Crippen LogP contribution in [0.4, 0.5) is 0 Å². The van der Waals surface area contributed by atoms with Crippen molar-refractivity contribution in [1.82, 2.24) is 0 Å². The van der Waals surface area contributed by atoms with E-state index in [9.17, 15) is 5.26 Å². The van der Waals surface area contributed by atoms with Gasteiger partial charge in [-0.15, -0.1) is 13.2 Å². The molecule has 1 saturated heterocycles. The van der Waals surface area contributed by atoms with E-state index in [-0.39, 0.29) is 24.4 Å². The first-order valence-electron chi connectivity index (χ1n) is 9.29. The SMILES string of the molecule is C=CC[C@H](OCc1ccccc1)[C@H](CC)O[C@H]1C[C@H](C#N)O[C@H]1CC=C. The third kappa shape index (κ3) is 5.81. The maximum absolute atomic E-state index is 9.17. The fourth-order valence-electron chi connectivity index (χ4n) is 3.26. The van der Waals surface area contributed by atoms with Gasteiger partial charge in [0.2, 0.25) is 0 Å². The van der Waals surface area contributed by atoms with E-state index in [2.05, 4.69) is 38.3 Å². The molecule has 4 heteroatoms. The predicted octanol–water partition coefficient (Wildman–Crippen LogP) is 4.57. The van der Waals surface area contributed by atoms with Crippen LogP contribution in [0.15, 0.2) is 55.6 Å². The van der Waals surface area contributed by atoms with Crippen molar-refractivity contribution in [1.29, 1.82) is 5.26 Å². The molecule has 1 aliphatic rings. The van der Waals surface area contributed by atoms with Crippen molar-refractivity contribution in [3.05, 3.63) is 61.2 Å². The topological polar surface area (TPSA) is 51.5 Å². The first kappa shape index (κ1) is 20.4. The Balaban J connectivity index is 2.00. The minimum absolute atomic E-state index is 0.0740. The number of hydrogen-bond donors (Lipinski definition) is 0. The molecule has 5 atom stereocenters. The lowest BCUT2D eigenvalue weighted by Gasteiger charge is -2.30. The van der Waals surface area contributed by atoms with Crippen molar-refractivity contribution in [2.75, 3.05) is 0 Å². The maximum Gasteiger partial charge on any atom is 0.147 e. The van der Waals surface area contributed by atoms with Crippen LogP contribution in [-0.4, -0.2) is 30.5 Å². The molecule has 0 bridgehead atoms. The van der Waals surface area contributed by atoms with Crippen LogP contribution in [0.3, 0.4) is 0 Å². The Bertz CT molecular complexity index is 595. The highest BCUT2D eigenvalue weighted by atomic mass is 16.6. The number of benzene rings is 1. The molecule has 140 valence electrons. The molecule has 1 aromatic carbocycles. The fraction of sp³-hybridized carbons (Fsp3) is 0.500. The van der Waals surface area contributed by atoms with Crippen LogP contribution in [0.25, 0.3) is 0 Å². The molecule has 0 N–H and O–H groups in total. The van der Waals surface area contributed by atoms with Crippen LogP contribution in [0.1, 0.15) is 38.2 Å². The molecule has 1 aromatic rings. The molecule has 0 unspecified atom stereocenters. The van der Waals surface area contributed by atoms with Crippen LogP contribution < -0.4 is 0 Å². The minimum atomic E-state index is -0.412. The number of nitriles is 1. The van der Waals surface area contributed by atoms with Crippen LogP contribution in [0, 0.1) is 11.3 Å². The van der Waals surface area contributed by atoms with Gasteiger partial charge < -0.3 is 14.2 Å². The third-order valence-electron chi connectivity index (χ3n) is 4.62. The average molecular weight is 355 g/mol. The van der Waals surface area contributed by atoms with Crippen molar-refractivity contribution >= 4 is 0 Å². The van der Waals surface area contributed by atoms with Gasteiger partial charge in [-0.3, -0.25) is 0 Å². The lowest BCUT2D eigenvalue weighted by molar-refractivity contribution is -0.120. The molecule has 2 rings (SSSR count). The Labute approximate surface area is 157 Å². The number of rotatable bonds is 11. The Morgan fingerprint density at radius 1 is 1.27 bits per heavy atom. The smallest absolute Gasteiger partial charge is 0.147 e. The van der Waals surface area contributed by atoms with Gasteiger partial charge in [-0.25, -0.2) is 0 Å². The highest BCUT2D eigenvalue weighted by molar-refractivity contribution is 5.13. The second-order valence-corrected chi connectivity index (χ2v) is 6.53. The van der Waals surface area contributed by atoms with Gasteiger partial charge in [0.05, 0.1) is 37.1 Å². The van der Waals surface area contributed by atoms with E-state index >= 15 is 0 Å². The van der Waals surface area contributed by atoms with Crippen LogP contribution >= 0.6 is 0 Å². The molecule has 0 radical (unpaired) electrons. The molecule has 26 heavy (non-hydrogen) atoms. The molecule has 0 aromatic heterocycles. The lowest BCUT2D eigenvalue weighted by Crippen LogP contribution is -2.37. The molecule has 1 aliphatic heterocycles. The fourth-order valence-corrected chi connectivity index (χ4v) is 3.26. The van der Waals surface area contributed by atoms with Gasteiger partial charge in [0.15, 0.2) is 0 Å².